The Labute approximate surface area is 105 Å². The van der Waals surface area contributed by atoms with Gasteiger partial charge in [-0.05, 0) is 25.1 Å². The molecule has 0 atom stereocenters. The van der Waals surface area contributed by atoms with Gasteiger partial charge in [-0.2, -0.15) is 0 Å². The zero-order valence-electron chi connectivity index (χ0n) is 10.1. The van der Waals surface area contributed by atoms with E-state index in [0.717, 1.165) is 0 Å². The SMILES string of the molecule is CN(CCCN)c1cc(C(N)=O)ccc1[N+](=O)[O-]. The van der Waals surface area contributed by atoms with Crippen LogP contribution in [-0.2, 0) is 0 Å². The highest BCUT2D eigenvalue weighted by molar-refractivity contribution is 5.94. The van der Waals surface area contributed by atoms with Gasteiger partial charge < -0.3 is 16.4 Å². The van der Waals surface area contributed by atoms with Crippen LogP contribution in [0, 0.1) is 10.1 Å². The molecule has 1 aromatic rings. The normalized spacial score (nSPS) is 10.1. The van der Waals surface area contributed by atoms with E-state index in [1.807, 2.05) is 0 Å². The summed E-state index contributed by atoms with van der Waals surface area (Å²) < 4.78 is 0. The Bertz CT molecular complexity index is 462. The number of nitro benzene ring substituents is 1. The maximum atomic E-state index is 11.1. The van der Waals surface area contributed by atoms with E-state index in [4.69, 9.17) is 11.5 Å². The van der Waals surface area contributed by atoms with Gasteiger partial charge in [-0.15, -0.1) is 0 Å². The van der Waals surface area contributed by atoms with Crippen molar-refractivity contribution in [2.45, 2.75) is 6.42 Å². The molecule has 0 radical (unpaired) electrons. The van der Waals surface area contributed by atoms with Crippen molar-refractivity contribution >= 4 is 17.3 Å². The molecule has 1 amide bonds. The third-order valence-electron chi connectivity index (χ3n) is 2.57. The molecule has 18 heavy (non-hydrogen) atoms. The molecule has 0 aliphatic heterocycles. The highest BCUT2D eigenvalue weighted by Crippen LogP contribution is 2.28. The topological polar surface area (TPSA) is 115 Å². The summed E-state index contributed by atoms with van der Waals surface area (Å²) in [5, 5.41) is 10.9. The van der Waals surface area contributed by atoms with Crippen molar-refractivity contribution in [2.24, 2.45) is 11.5 Å². The first-order valence-corrected chi connectivity index (χ1v) is 5.46. The quantitative estimate of drug-likeness (QED) is 0.564. The van der Waals surface area contributed by atoms with E-state index in [1.165, 1.54) is 18.2 Å². The summed E-state index contributed by atoms with van der Waals surface area (Å²) in [5.74, 6) is -0.613. The van der Waals surface area contributed by atoms with Crippen LogP contribution in [0.25, 0.3) is 0 Å². The summed E-state index contributed by atoms with van der Waals surface area (Å²) in [6, 6.07) is 4.06. The fraction of sp³-hybridized carbons (Fsp3) is 0.364. The molecule has 0 fully saturated rings. The number of anilines is 1. The third-order valence-corrected chi connectivity index (χ3v) is 2.57. The summed E-state index contributed by atoms with van der Waals surface area (Å²) in [7, 11) is 1.71. The maximum absolute atomic E-state index is 11.1. The minimum atomic E-state index is -0.613. The molecule has 7 nitrogen and oxygen atoms in total. The Morgan fingerprint density at radius 1 is 1.50 bits per heavy atom. The van der Waals surface area contributed by atoms with Crippen molar-refractivity contribution in [3.8, 4) is 0 Å². The summed E-state index contributed by atoms with van der Waals surface area (Å²) >= 11 is 0. The van der Waals surface area contributed by atoms with Crippen molar-refractivity contribution in [2.75, 3.05) is 25.0 Å². The zero-order valence-corrected chi connectivity index (χ0v) is 10.1. The van der Waals surface area contributed by atoms with Gasteiger partial charge in [0.15, 0.2) is 0 Å². The smallest absolute Gasteiger partial charge is 0.292 e. The molecule has 0 saturated carbocycles. The summed E-state index contributed by atoms with van der Waals surface area (Å²) in [5.41, 5.74) is 11.1. The molecule has 1 aromatic carbocycles. The number of benzene rings is 1. The number of rotatable bonds is 6. The van der Waals surface area contributed by atoms with E-state index in [0.29, 0.717) is 25.2 Å². The first kappa shape index (κ1) is 13.9. The number of amides is 1. The molecule has 0 aliphatic carbocycles. The van der Waals surface area contributed by atoms with E-state index >= 15 is 0 Å². The number of carbonyl (C=O) groups is 1. The first-order valence-electron chi connectivity index (χ1n) is 5.46. The van der Waals surface area contributed by atoms with E-state index in [2.05, 4.69) is 0 Å². The molecular weight excluding hydrogens is 236 g/mol. The lowest BCUT2D eigenvalue weighted by Gasteiger charge is -2.19. The first-order chi connectivity index (χ1) is 8.47. The van der Waals surface area contributed by atoms with Crippen molar-refractivity contribution in [3.05, 3.63) is 33.9 Å². The van der Waals surface area contributed by atoms with E-state index in [-0.39, 0.29) is 11.3 Å². The summed E-state index contributed by atoms with van der Waals surface area (Å²) in [6.07, 6.45) is 0.703. The largest absolute Gasteiger partial charge is 0.369 e. The monoisotopic (exact) mass is 252 g/mol. The lowest BCUT2D eigenvalue weighted by atomic mass is 10.1. The van der Waals surface area contributed by atoms with Gasteiger partial charge in [-0.25, -0.2) is 0 Å². The standard InChI is InChI=1S/C11H16N4O3/c1-14(6-2-5-12)10-7-8(11(13)16)3-4-9(10)15(17)18/h3-4,7H,2,5-6,12H2,1H3,(H2,13,16). The van der Waals surface area contributed by atoms with Crippen LogP contribution in [0.2, 0.25) is 0 Å². The maximum Gasteiger partial charge on any atom is 0.292 e. The van der Waals surface area contributed by atoms with Crippen LogP contribution in [0.4, 0.5) is 11.4 Å². The van der Waals surface area contributed by atoms with Crippen molar-refractivity contribution < 1.29 is 9.72 Å². The Balaban J connectivity index is 3.14. The fourth-order valence-corrected chi connectivity index (χ4v) is 1.59. The molecule has 1 rings (SSSR count). The minimum Gasteiger partial charge on any atom is -0.369 e. The minimum absolute atomic E-state index is 0.0560. The van der Waals surface area contributed by atoms with Crippen LogP contribution in [0.1, 0.15) is 16.8 Å². The Hall–Kier alpha value is -2.15. The van der Waals surface area contributed by atoms with Crippen LogP contribution < -0.4 is 16.4 Å². The second kappa shape index (κ2) is 5.97. The van der Waals surface area contributed by atoms with Gasteiger partial charge in [-0.1, -0.05) is 0 Å². The van der Waals surface area contributed by atoms with Crippen LogP contribution in [0.15, 0.2) is 18.2 Å². The molecule has 0 unspecified atom stereocenters. The molecule has 0 heterocycles. The lowest BCUT2D eigenvalue weighted by molar-refractivity contribution is -0.384. The van der Waals surface area contributed by atoms with Crippen LogP contribution in [0.3, 0.4) is 0 Å². The zero-order chi connectivity index (χ0) is 13.7. The Morgan fingerprint density at radius 3 is 2.67 bits per heavy atom. The molecular formula is C11H16N4O3. The number of primary amides is 1. The lowest BCUT2D eigenvalue weighted by Crippen LogP contribution is -2.22. The molecule has 98 valence electrons. The number of hydrogen-bond acceptors (Lipinski definition) is 5. The molecule has 4 N–H and O–H groups in total. The Kier molecular flexibility index (Phi) is 4.61. The predicted octanol–water partition coefficient (Wildman–Crippen LogP) is 0.479. The third kappa shape index (κ3) is 3.17. The number of nitrogens with zero attached hydrogens (tertiary/aromatic N) is 2. The van der Waals surface area contributed by atoms with Gasteiger partial charge in [0.2, 0.25) is 5.91 Å². The number of carbonyl (C=O) groups excluding carboxylic acids is 1. The van der Waals surface area contributed by atoms with Gasteiger partial charge in [0, 0.05) is 25.2 Å². The molecule has 7 heteroatoms. The predicted molar refractivity (Wildman–Crippen MR) is 68.6 cm³/mol. The Morgan fingerprint density at radius 2 is 2.17 bits per heavy atom. The molecule has 0 spiro atoms. The molecule has 0 aliphatic rings. The van der Waals surface area contributed by atoms with E-state index in [9.17, 15) is 14.9 Å². The van der Waals surface area contributed by atoms with Crippen LogP contribution in [-0.4, -0.2) is 31.0 Å². The second-order valence-corrected chi connectivity index (χ2v) is 3.89. The highest BCUT2D eigenvalue weighted by atomic mass is 16.6. The summed E-state index contributed by atoms with van der Waals surface area (Å²) in [6.45, 7) is 1.06. The van der Waals surface area contributed by atoms with Crippen molar-refractivity contribution in [3.63, 3.8) is 0 Å². The average molecular weight is 252 g/mol. The van der Waals surface area contributed by atoms with Crippen molar-refractivity contribution in [1.29, 1.82) is 0 Å². The number of nitro groups is 1. The van der Waals surface area contributed by atoms with Crippen LogP contribution >= 0.6 is 0 Å². The van der Waals surface area contributed by atoms with Gasteiger partial charge in [0.25, 0.3) is 5.69 Å². The van der Waals surface area contributed by atoms with Gasteiger partial charge in [-0.3, -0.25) is 14.9 Å². The van der Waals surface area contributed by atoms with Gasteiger partial charge >= 0.3 is 0 Å². The highest BCUT2D eigenvalue weighted by Gasteiger charge is 2.18. The summed E-state index contributed by atoms with van der Waals surface area (Å²) in [4.78, 5) is 23.2. The van der Waals surface area contributed by atoms with Crippen LogP contribution in [0.5, 0.6) is 0 Å². The van der Waals surface area contributed by atoms with E-state index < -0.39 is 10.8 Å². The van der Waals surface area contributed by atoms with E-state index in [1.54, 1.807) is 11.9 Å². The van der Waals surface area contributed by atoms with Gasteiger partial charge in [0.05, 0.1) is 4.92 Å². The average Bonchev–Trinajstić information content (AvgIpc) is 2.34. The van der Waals surface area contributed by atoms with Gasteiger partial charge in [0.1, 0.15) is 5.69 Å². The molecule has 0 bridgehead atoms. The molecule has 0 aromatic heterocycles. The molecule has 0 saturated heterocycles. The number of hydrogen-bond donors (Lipinski definition) is 2. The second-order valence-electron chi connectivity index (χ2n) is 3.89. The number of nitrogens with two attached hydrogens (primary N) is 2. The fourth-order valence-electron chi connectivity index (χ4n) is 1.59. The van der Waals surface area contributed by atoms with Crippen molar-refractivity contribution in [1.82, 2.24) is 0 Å².